The summed E-state index contributed by atoms with van der Waals surface area (Å²) < 4.78 is 48.1. The average molecular weight is 482 g/mol. The van der Waals surface area contributed by atoms with Gasteiger partial charge >= 0.3 is 17.8 Å². The van der Waals surface area contributed by atoms with E-state index < -0.39 is 35.1 Å². The fraction of sp³-hybridized carbons (Fsp3) is 0.125. The van der Waals surface area contributed by atoms with E-state index in [4.69, 9.17) is 9.15 Å². The maximum Gasteiger partial charge on any atom is 0.516 e. The highest BCUT2D eigenvalue weighted by Crippen LogP contribution is 2.28. The van der Waals surface area contributed by atoms with Crippen LogP contribution in [0.15, 0.2) is 58.0 Å². The largest absolute Gasteiger partial charge is 0.516 e. The monoisotopic (exact) mass is 482 g/mol. The van der Waals surface area contributed by atoms with Crippen LogP contribution in [0.3, 0.4) is 0 Å². The number of hydrogen-bond donors (Lipinski definition) is 0. The molecule has 9 nitrogen and oxygen atoms in total. The molecule has 0 saturated heterocycles. The number of carbonyl (C=O) groups excluding carboxylic acids is 2. The van der Waals surface area contributed by atoms with Crippen molar-refractivity contribution in [3.63, 3.8) is 0 Å². The highest BCUT2D eigenvalue weighted by Gasteiger charge is 2.23. The molecule has 0 unspecified atom stereocenters. The van der Waals surface area contributed by atoms with Crippen molar-refractivity contribution in [2.75, 3.05) is 7.11 Å². The molecule has 35 heavy (non-hydrogen) atoms. The van der Waals surface area contributed by atoms with Crippen LogP contribution in [0.25, 0.3) is 11.0 Å². The van der Waals surface area contributed by atoms with Gasteiger partial charge in [-0.05, 0) is 48.4 Å². The quantitative estimate of drug-likeness (QED) is 0.231. The standard InChI is InChI=1S/C24H16F2N2O7/c1-12-15-6-5-14(33-21-17(25)4-3-8-28-21)11-18(15)34-22(29)16(12)10-13-7-9-27-20(19(13)26)23(30)35-24(31)32-2/h3-9,11H,10H2,1-2H3. The Balaban J connectivity index is 1.66. The van der Waals surface area contributed by atoms with Crippen LogP contribution in [0.4, 0.5) is 13.6 Å². The van der Waals surface area contributed by atoms with Gasteiger partial charge in [0.25, 0.3) is 5.88 Å². The first-order chi connectivity index (χ1) is 16.8. The molecule has 0 N–H and O–H groups in total. The molecule has 3 heterocycles. The fourth-order valence-corrected chi connectivity index (χ4v) is 3.32. The van der Waals surface area contributed by atoms with E-state index in [2.05, 4.69) is 19.4 Å². The van der Waals surface area contributed by atoms with Gasteiger partial charge in [0.05, 0.1) is 7.11 Å². The zero-order valence-corrected chi connectivity index (χ0v) is 18.3. The van der Waals surface area contributed by atoms with Crippen molar-refractivity contribution in [1.29, 1.82) is 0 Å². The minimum Gasteiger partial charge on any atom is -0.437 e. The summed E-state index contributed by atoms with van der Waals surface area (Å²) in [5.74, 6) is -3.09. The lowest BCUT2D eigenvalue weighted by Gasteiger charge is -2.11. The number of benzene rings is 1. The minimum absolute atomic E-state index is 0.0443. The summed E-state index contributed by atoms with van der Waals surface area (Å²) in [6, 6.07) is 8.46. The van der Waals surface area contributed by atoms with Crippen molar-refractivity contribution < 1.29 is 37.0 Å². The number of aryl methyl sites for hydroxylation is 1. The summed E-state index contributed by atoms with van der Waals surface area (Å²) in [4.78, 5) is 43.3. The molecule has 0 aliphatic heterocycles. The van der Waals surface area contributed by atoms with Crippen LogP contribution < -0.4 is 10.4 Å². The molecule has 0 bridgehead atoms. The van der Waals surface area contributed by atoms with E-state index in [0.717, 1.165) is 13.3 Å². The lowest BCUT2D eigenvalue weighted by Crippen LogP contribution is -2.17. The lowest BCUT2D eigenvalue weighted by atomic mass is 9.99. The minimum atomic E-state index is -1.34. The summed E-state index contributed by atoms with van der Waals surface area (Å²) in [6.45, 7) is 1.65. The molecule has 0 aliphatic rings. The second-order valence-corrected chi connectivity index (χ2v) is 7.20. The van der Waals surface area contributed by atoms with E-state index >= 15 is 0 Å². The molecule has 3 aromatic heterocycles. The Bertz CT molecular complexity index is 1520. The number of pyridine rings is 2. The van der Waals surface area contributed by atoms with Gasteiger partial charge in [-0.15, -0.1) is 0 Å². The van der Waals surface area contributed by atoms with E-state index in [9.17, 15) is 23.2 Å². The van der Waals surface area contributed by atoms with Crippen LogP contribution in [0.1, 0.15) is 27.2 Å². The predicted octanol–water partition coefficient (Wildman–Crippen LogP) is 4.48. The number of carbonyl (C=O) groups is 2. The van der Waals surface area contributed by atoms with Gasteiger partial charge in [0, 0.05) is 35.8 Å². The highest BCUT2D eigenvalue weighted by molar-refractivity contribution is 5.94. The number of ether oxygens (including phenoxy) is 3. The van der Waals surface area contributed by atoms with Crippen molar-refractivity contribution in [3.8, 4) is 11.6 Å². The molecule has 0 aliphatic carbocycles. The molecule has 0 radical (unpaired) electrons. The Kier molecular flexibility index (Phi) is 6.49. The zero-order chi connectivity index (χ0) is 25.1. The number of fused-ring (bicyclic) bond motifs is 1. The number of rotatable bonds is 5. The first kappa shape index (κ1) is 23.5. The third-order valence-electron chi connectivity index (χ3n) is 5.07. The molecule has 0 amide bonds. The molecule has 0 spiro atoms. The highest BCUT2D eigenvalue weighted by atomic mass is 19.1. The summed E-state index contributed by atoms with van der Waals surface area (Å²) in [6.07, 6.45) is 0.968. The molecule has 0 fully saturated rings. The van der Waals surface area contributed by atoms with Crippen molar-refractivity contribution in [2.45, 2.75) is 13.3 Å². The van der Waals surface area contributed by atoms with Crippen molar-refractivity contribution in [2.24, 2.45) is 0 Å². The summed E-state index contributed by atoms with van der Waals surface area (Å²) in [7, 11) is 0.990. The first-order valence-corrected chi connectivity index (χ1v) is 10.1. The second kappa shape index (κ2) is 9.67. The van der Waals surface area contributed by atoms with Crippen LogP contribution >= 0.6 is 0 Å². The maximum absolute atomic E-state index is 14.9. The second-order valence-electron chi connectivity index (χ2n) is 7.20. The zero-order valence-electron chi connectivity index (χ0n) is 18.3. The Hall–Kier alpha value is -4.67. The maximum atomic E-state index is 14.9. The number of hydrogen-bond acceptors (Lipinski definition) is 9. The van der Waals surface area contributed by atoms with E-state index in [1.807, 2.05) is 0 Å². The van der Waals surface area contributed by atoms with Gasteiger partial charge in [-0.2, -0.15) is 0 Å². The van der Waals surface area contributed by atoms with Gasteiger partial charge < -0.3 is 18.6 Å². The van der Waals surface area contributed by atoms with Crippen LogP contribution in [-0.4, -0.2) is 29.2 Å². The van der Waals surface area contributed by atoms with Crippen LogP contribution in [0, 0.1) is 18.6 Å². The van der Waals surface area contributed by atoms with Crippen LogP contribution in [0.5, 0.6) is 11.6 Å². The molecule has 4 aromatic rings. The number of nitrogens with zero attached hydrogens (tertiary/aromatic N) is 2. The number of aromatic nitrogens is 2. The van der Waals surface area contributed by atoms with Gasteiger partial charge in [-0.25, -0.2) is 33.1 Å². The Morgan fingerprint density at radius 3 is 2.63 bits per heavy atom. The predicted molar refractivity (Wildman–Crippen MR) is 116 cm³/mol. The molecule has 1 aromatic carbocycles. The van der Waals surface area contributed by atoms with Crippen LogP contribution in [-0.2, 0) is 15.9 Å². The normalized spacial score (nSPS) is 10.7. The van der Waals surface area contributed by atoms with Gasteiger partial charge in [0.15, 0.2) is 17.3 Å². The van der Waals surface area contributed by atoms with Gasteiger partial charge in [-0.3, -0.25) is 0 Å². The number of halogens is 2. The van der Waals surface area contributed by atoms with E-state index in [1.165, 1.54) is 30.5 Å². The Labute approximate surface area is 195 Å². The third-order valence-corrected chi connectivity index (χ3v) is 5.07. The molecule has 4 rings (SSSR count). The summed E-state index contributed by atoms with van der Waals surface area (Å²) in [5.41, 5.74) is -0.717. The molecular formula is C24H16F2N2O7. The molecule has 11 heteroatoms. The first-order valence-electron chi connectivity index (χ1n) is 10.1. The van der Waals surface area contributed by atoms with E-state index in [-0.39, 0.29) is 34.8 Å². The summed E-state index contributed by atoms with van der Waals surface area (Å²) >= 11 is 0. The third kappa shape index (κ3) is 4.83. The van der Waals surface area contributed by atoms with E-state index in [0.29, 0.717) is 10.9 Å². The van der Waals surface area contributed by atoms with E-state index in [1.54, 1.807) is 19.1 Å². The fourth-order valence-electron chi connectivity index (χ4n) is 3.32. The van der Waals surface area contributed by atoms with Crippen molar-refractivity contribution >= 4 is 23.1 Å². The molecule has 178 valence electrons. The topological polar surface area (TPSA) is 118 Å². The van der Waals surface area contributed by atoms with Gasteiger partial charge in [0.2, 0.25) is 0 Å². The number of methoxy groups -OCH3 is 1. The smallest absolute Gasteiger partial charge is 0.437 e. The van der Waals surface area contributed by atoms with Crippen LogP contribution in [0.2, 0.25) is 0 Å². The average Bonchev–Trinajstić information content (AvgIpc) is 2.83. The molecule has 0 atom stereocenters. The molecular weight excluding hydrogens is 466 g/mol. The molecule has 0 saturated carbocycles. The van der Waals surface area contributed by atoms with Crippen molar-refractivity contribution in [1.82, 2.24) is 9.97 Å². The SMILES string of the molecule is COC(=O)OC(=O)c1nccc(Cc2c(C)c3ccc(Oc4ncccc4F)cc3oc2=O)c1F. The lowest BCUT2D eigenvalue weighted by molar-refractivity contribution is 0.0441. The number of esters is 1. The van der Waals surface area contributed by atoms with Gasteiger partial charge in [-0.1, -0.05) is 0 Å². The Morgan fingerprint density at radius 1 is 1.09 bits per heavy atom. The van der Waals surface area contributed by atoms with Crippen molar-refractivity contribution in [3.05, 3.63) is 93.2 Å². The summed E-state index contributed by atoms with van der Waals surface area (Å²) in [5, 5.41) is 0.535. The van der Waals surface area contributed by atoms with Gasteiger partial charge in [0.1, 0.15) is 11.3 Å². The Morgan fingerprint density at radius 2 is 1.89 bits per heavy atom.